The summed E-state index contributed by atoms with van der Waals surface area (Å²) >= 11 is 0. The summed E-state index contributed by atoms with van der Waals surface area (Å²) in [4.78, 5) is 4.57. The van der Waals surface area contributed by atoms with Crippen molar-refractivity contribution >= 4 is 15.7 Å². The standard InChI is InChI=1S/C20H22N4O4S/c1-27-18-10-9-16(29(25,26)24-15-7-8-15)12-17(18)21-13-20-22-19(23-28-20)11-14-5-3-2-4-6-14/h2-6,9-10,12,15,21,24H,7-8,11,13H2,1H3. The van der Waals surface area contributed by atoms with Crippen molar-refractivity contribution in [3.63, 3.8) is 0 Å². The highest BCUT2D eigenvalue weighted by atomic mass is 32.2. The third kappa shape index (κ3) is 4.93. The van der Waals surface area contributed by atoms with Crippen LogP contribution in [0.15, 0.2) is 57.9 Å². The number of rotatable bonds is 9. The molecule has 1 aromatic heterocycles. The fraction of sp³-hybridized carbons (Fsp3) is 0.300. The fourth-order valence-corrected chi connectivity index (χ4v) is 4.19. The Morgan fingerprint density at radius 1 is 1.17 bits per heavy atom. The lowest BCUT2D eigenvalue weighted by atomic mass is 10.1. The van der Waals surface area contributed by atoms with Crippen LogP contribution < -0.4 is 14.8 Å². The number of sulfonamides is 1. The molecule has 0 aliphatic heterocycles. The van der Waals surface area contributed by atoms with Crippen LogP contribution in [0, 0.1) is 0 Å². The molecule has 1 saturated carbocycles. The van der Waals surface area contributed by atoms with Crippen LogP contribution in [0.5, 0.6) is 5.75 Å². The van der Waals surface area contributed by atoms with E-state index in [1.165, 1.54) is 13.2 Å². The third-order valence-electron chi connectivity index (χ3n) is 4.53. The van der Waals surface area contributed by atoms with E-state index in [0.717, 1.165) is 18.4 Å². The molecule has 0 spiro atoms. The monoisotopic (exact) mass is 414 g/mol. The van der Waals surface area contributed by atoms with E-state index < -0.39 is 10.0 Å². The van der Waals surface area contributed by atoms with Gasteiger partial charge in [0.05, 0.1) is 24.2 Å². The maximum absolute atomic E-state index is 12.5. The molecule has 0 atom stereocenters. The van der Waals surface area contributed by atoms with Crippen molar-refractivity contribution in [2.45, 2.75) is 36.7 Å². The number of benzene rings is 2. The summed E-state index contributed by atoms with van der Waals surface area (Å²) in [6.45, 7) is 0.248. The predicted molar refractivity (Wildman–Crippen MR) is 107 cm³/mol. The second-order valence-corrected chi connectivity index (χ2v) is 8.59. The smallest absolute Gasteiger partial charge is 0.245 e. The predicted octanol–water partition coefficient (Wildman–Crippen LogP) is 2.72. The normalized spacial score (nSPS) is 14.0. The average molecular weight is 414 g/mol. The summed E-state index contributed by atoms with van der Waals surface area (Å²) in [5, 5.41) is 7.13. The van der Waals surface area contributed by atoms with Gasteiger partial charge < -0.3 is 14.6 Å². The molecule has 2 N–H and O–H groups in total. The first-order valence-corrected chi connectivity index (χ1v) is 10.8. The SMILES string of the molecule is COc1ccc(S(=O)(=O)NC2CC2)cc1NCc1nc(Cc2ccccc2)no1. The summed E-state index contributed by atoms with van der Waals surface area (Å²) in [6, 6.07) is 14.6. The molecule has 0 unspecified atom stereocenters. The van der Waals surface area contributed by atoms with Gasteiger partial charge in [0.2, 0.25) is 15.9 Å². The number of hydrogen-bond acceptors (Lipinski definition) is 7. The second kappa shape index (κ2) is 8.22. The maximum Gasteiger partial charge on any atom is 0.245 e. The lowest BCUT2D eigenvalue weighted by Crippen LogP contribution is -2.25. The molecule has 0 saturated heterocycles. The van der Waals surface area contributed by atoms with Gasteiger partial charge in [-0.2, -0.15) is 4.98 Å². The minimum absolute atomic E-state index is 0.0416. The van der Waals surface area contributed by atoms with E-state index in [1.54, 1.807) is 12.1 Å². The molecule has 2 aromatic carbocycles. The molecule has 1 heterocycles. The van der Waals surface area contributed by atoms with E-state index in [0.29, 0.717) is 29.6 Å². The summed E-state index contributed by atoms with van der Waals surface area (Å²) in [5.41, 5.74) is 1.63. The minimum Gasteiger partial charge on any atom is -0.495 e. The van der Waals surface area contributed by atoms with Crippen LogP contribution in [-0.2, 0) is 23.0 Å². The van der Waals surface area contributed by atoms with Crippen LogP contribution >= 0.6 is 0 Å². The van der Waals surface area contributed by atoms with Crippen molar-refractivity contribution in [3.05, 3.63) is 65.8 Å². The summed E-state index contributed by atoms with van der Waals surface area (Å²) in [7, 11) is -2.03. The van der Waals surface area contributed by atoms with Crippen LogP contribution in [0.4, 0.5) is 5.69 Å². The van der Waals surface area contributed by atoms with E-state index in [2.05, 4.69) is 20.2 Å². The zero-order valence-corrected chi connectivity index (χ0v) is 16.8. The topological polar surface area (TPSA) is 106 Å². The number of aromatic nitrogens is 2. The average Bonchev–Trinajstić information content (AvgIpc) is 3.42. The fourth-order valence-electron chi connectivity index (χ4n) is 2.86. The van der Waals surface area contributed by atoms with Gasteiger partial charge in [-0.1, -0.05) is 35.5 Å². The highest BCUT2D eigenvalue weighted by molar-refractivity contribution is 7.89. The summed E-state index contributed by atoms with van der Waals surface area (Å²) in [5.74, 6) is 1.52. The van der Waals surface area contributed by atoms with E-state index >= 15 is 0 Å². The first-order valence-electron chi connectivity index (χ1n) is 9.33. The summed E-state index contributed by atoms with van der Waals surface area (Å²) < 4.78 is 38.2. The Morgan fingerprint density at radius 3 is 2.69 bits per heavy atom. The van der Waals surface area contributed by atoms with Crippen LogP contribution in [0.2, 0.25) is 0 Å². The first-order chi connectivity index (χ1) is 14.0. The molecule has 1 fully saturated rings. The van der Waals surface area contributed by atoms with Crippen LogP contribution in [0.25, 0.3) is 0 Å². The highest BCUT2D eigenvalue weighted by Gasteiger charge is 2.28. The van der Waals surface area contributed by atoms with E-state index in [-0.39, 0.29) is 17.5 Å². The highest BCUT2D eigenvalue weighted by Crippen LogP contribution is 2.29. The Labute approximate surface area is 169 Å². The molecule has 3 aromatic rings. The van der Waals surface area contributed by atoms with Gasteiger partial charge in [0.15, 0.2) is 5.82 Å². The Balaban J connectivity index is 1.45. The molecule has 152 valence electrons. The van der Waals surface area contributed by atoms with E-state index in [1.807, 2.05) is 30.3 Å². The van der Waals surface area contributed by atoms with Crippen LogP contribution in [-0.4, -0.2) is 31.7 Å². The Kier molecular flexibility index (Phi) is 5.50. The molecule has 0 bridgehead atoms. The lowest BCUT2D eigenvalue weighted by Gasteiger charge is -2.12. The van der Waals surface area contributed by atoms with Crippen molar-refractivity contribution in [2.75, 3.05) is 12.4 Å². The molecule has 0 radical (unpaired) electrons. The Bertz CT molecular complexity index is 1080. The van der Waals surface area contributed by atoms with Crippen molar-refractivity contribution in [1.82, 2.24) is 14.9 Å². The van der Waals surface area contributed by atoms with Crippen molar-refractivity contribution in [1.29, 1.82) is 0 Å². The van der Waals surface area contributed by atoms with Gasteiger partial charge in [0, 0.05) is 12.5 Å². The quantitative estimate of drug-likeness (QED) is 0.554. The third-order valence-corrected chi connectivity index (χ3v) is 6.04. The molecule has 4 rings (SSSR count). The minimum atomic E-state index is -3.55. The number of methoxy groups -OCH3 is 1. The molecule has 9 heteroatoms. The number of ether oxygens (including phenoxy) is 1. The van der Waals surface area contributed by atoms with E-state index in [9.17, 15) is 8.42 Å². The van der Waals surface area contributed by atoms with Gasteiger partial charge in [0.1, 0.15) is 5.75 Å². The van der Waals surface area contributed by atoms with Crippen molar-refractivity contribution < 1.29 is 17.7 Å². The molecule has 1 aliphatic carbocycles. The zero-order valence-electron chi connectivity index (χ0n) is 16.0. The maximum atomic E-state index is 12.5. The molecular formula is C20H22N4O4S. The van der Waals surface area contributed by atoms with Crippen LogP contribution in [0.3, 0.4) is 0 Å². The molecular weight excluding hydrogens is 392 g/mol. The Morgan fingerprint density at radius 2 is 1.97 bits per heavy atom. The number of nitrogens with zero attached hydrogens (tertiary/aromatic N) is 2. The van der Waals surface area contributed by atoms with Crippen molar-refractivity contribution in [3.8, 4) is 5.75 Å². The molecule has 29 heavy (non-hydrogen) atoms. The Hall–Kier alpha value is -2.91. The molecule has 8 nitrogen and oxygen atoms in total. The van der Waals surface area contributed by atoms with Gasteiger partial charge in [0.25, 0.3) is 0 Å². The number of anilines is 1. The van der Waals surface area contributed by atoms with Gasteiger partial charge in [-0.05, 0) is 36.6 Å². The van der Waals surface area contributed by atoms with Crippen molar-refractivity contribution in [2.24, 2.45) is 0 Å². The molecule has 0 amide bonds. The largest absolute Gasteiger partial charge is 0.495 e. The van der Waals surface area contributed by atoms with E-state index in [4.69, 9.17) is 9.26 Å². The summed E-state index contributed by atoms with van der Waals surface area (Å²) in [6.07, 6.45) is 2.33. The number of nitrogens with one attached hydrogen (secondary N) is 2. The second-order valence-electron chi connectivity index (χ2n) is 6.88. The first kappa shape index (κ1) is 19.4. The van der Waals surface area contributed by atoms with Gasteiger partial charge in [-0.25, -0.2) is 13.1 Å². The zero-order chi connectivity index (χ0) is 20.3. The lowest BCUT2D eigenvalue weighted by molar-refractivity contribution is 0.378. The van der Waals surface area contributed by atoms with Gasteiger partial charge >= 0.3 is 0 Å². The van der Waals surface area contributed by atoms with Gasteiger partial charge in [-0.15, -0.1) is 0 Å². The number of hydrogen-bond donors (Lipinski definition) is 2. The molecule has 1 aliphatic rings. The van der Waals surface area contributed by atoms with Crippen LogP contribution in [0.1, 0.15) is 30.1 Å². The van der Waals surface area contributed by atoms with Gasteiger partial charge in [-0.3, -0.25) is 0 Å².